The van der Waals surface area contributed by atoms with Crippen molar-refractivity contribution in [2.75, 3.05) is 0 Å². The number of carbonyl (C=O) groups is 3. The van der Waals surface area contributed by atoms with Crippen molar-refractivity contribution in [2.45, 2.75) is 205 Å². The molecule has 4 fully saturated rings. The van der Waals surface area contributed by atoms with Crippen molar-refractivity contribution in [3.05, 3.63) is 46.0 Å². The largest absolute Gasteiger partial charge is 0.481 e. The van der Waals surface area contributed by atoms with E-state index in [1.807, 2.05) is 53.7 Å². The van der Waals surface area contributed by atoms with E-state index in [9.17, 15) is 29.7 Å². The Morgan fingerprint density at radius 2 is 1.57 bits per heavy atom. The monoisotopic (exact) mass is 951 g/mol. The molecule has 1 amide bonds. The molecule has 5 aliphatic heterocycles. The van der Waals surface area contributed by atoms with Gasteiger partial charge in [-0.25, -0.2) is 4.79 Å². The van der Waals surface area contributed by atoms with Gasteiger partial charge in [-0.05, 0) is 113 Å². The van der Waals surface area contributed by atoms with Gasteiger partial charge in [0.1, 0.15) is 18.4 Å². The summed E-state index contributed by atoms with van der Waals surface area (Å²) in [7, 11) is 0. The molecule has 65 heavy (non-hydrogen) atoms. The van der Waals surface area contributed by atoms with Gasteiger partial charge in [-0.1, -0.05) is 84.7 Å². The highest BCUT2D eigenvalue weighted by Crippen LogP contribution is 2.54. The maximum atomic E-state index is 14.7. The number of carboxylic acids is 1. The third-order valence-corrected chi connectivity index (χ3v) is 16.5. The number of aliphatic carboxylic acids is 1. The van der Waals surface area contributed by atoms with E-state index in [4.69, 9.17) is 51.6 Å². The molecule has 1 aromatic rings. The van der Waals surface area contributed by atoms with Crippen LogP contribution in [0.2, 0.25) is 10.0 Å². The molecular formula is C50H75Cl2NO12. The number of alkyl carbamates (subject to hydrolysis) is 1. The van der Waals surface area contributed by atoms with Gasteiger partial charge in [0.25, 0.3) is 0 Å². The molecule has 15 heteroatoms. The number of benzene rings is 1. The van der Waals surface area contributed by atoms with Crippen LogP contribution in [0.25, 0.3) is 0 Å². The molecule has 13 nitrogen and oxygen atoms in total. The fourth-order valence-corrected chi connectivity index (χ4v) is 12.3. The number of amides is 1. The number of halogens is 2. The number of hydrogen-bond acceptors (Lipinski definition) is 11. The molecule has 2 spiro atoms. The highest BCUT2D eigenvalue weighted by atomic mass is 35.5. The Morgan fingerprint density at radius 3 is 2.18 bits per heavy atom. The number of aliphatic hydroxyl groups is 2. The van der Waals surface area contributed by atoms with Gasteiger partial charge in [-0.15, -0.1) is 0 Å². The Bertz CT molecular complexity index is 1870. The quantitative estimate of drug-likeness (QED) is 0.123. The molecule has 5 heterocycles. The minimum absolute atomic E-state index is 0.0567. The van der Waals surface area contributed by atoms with Gasteiger partial charge in [0.15, 0.2) is 11.6 Å². The standard InChI is InChI=1S/C50H75Cl2NO12/c1-11-36(45(56)57)38-15-14-27(4)43(62-38)31(8)41(54)30(7)42(55)37(12-2)44-28(5)22-29(6)49(63-44)19-16-39(53-46(58)60-26-33-23-34(51)25-35(52)24-33)50(65-49)21-20-47(10,64-50)40-17-18-48(59,13-3)32(9)61-40/h16,19,23-25,27-32,36-41,43-44,54,59H,11-15,17-18,20-22,26H2,1-10H3,(H,53,58)(H,56,57)/t27-,28-,29+,30-,31-,32-,36+,37?,38+,39?,40+,41+,43+,44-,47-,48+,49-,50-/m0/s1. The van der Waals surface area contributed by atoms with Crippen LogP contribution >= 0.6 is 23.2 Å². The van der Waals surface area contributed by atoms with Crippen molar-refractivity contribution in [1.82, 2.24) is 5.32 Å². The molecule has 0 aliphatic carbocycles. The van der Waals surface area contributed by atoms with Crippen LogP contribution in [0.1, 0.15) is 139 Å². The number of carbonyl (C=O) groups excluding carboxylic acids is 2. The smallest absolute Gasteiger partial charge is 0.408 e. The number of ketones is 1. The molecule has 0 aromatic heterocycles. The van der Waals surface area contributed by atoms with Crippen molar-refractivity contribution in [3.8, 4) is 0 Å². The number of aliphatic hydroxyl groups excluding tert-OH is 1. The molecule has 4 saturated heterocycles. The minimum Gasteiger partial charge on any atom is -0.481 e. The molecule has 4 N–H and O–H groups in total. The van der Waals surface area contributed by atoms with E-state index < -0.39 is 95.1 Å². The second kappa shape index (κ2) is 20.7. The first-order valence-corrected chi connectivity index (χ1v) is 24.9. The zero-order chi connectivity index (χ0) is 47.8. The first-order chi connectivity index (χ1) is 30.5. The van der Waals surface area contributed by atoms with E-state index in [-0.39, 0.29) is 36.2 Å². The van der Waals surface area contributed by atoms with E-state index in [1.165, 1.54) is 0 Å². The topological polar surface area (TPSA) is 179 Å². The highest BCUT2D eigenvalue weighted by Gasteiger charge is 2.63. The maximum Gasteiger partial charge on any atom is 0.408 e. The van der Waals surface area contributed by atoms with Crippen LogP contribution in [-0.4, -0.2) is 98.6 Å². The average molecular weight is 953 g/mol. The first kappa shape index (κ1) is 52.0. The van der Waals surface area contributed by atoms with Crippen LogP contribution in [0.3, 0.4) is 0 Å². The van der Waals surface area contributed by atoms with E-state index >= 15 is 0 Å². The third-order valence-electron chi connectivity index (χ3n) is 16.0. The van der Waals surface area contributed by atoms with E-state index in [1.54, 1.807) is 25.1 Å². The number of hydrogen-bond donors (Lipinski definition) is 4. The van der Waals surface area contributed by atoms with Crippen molar-refractivity contribution in [2.24, 2.45) is 41.4 Å². The first-order valence-electron chi connectivity index (χ1n) is 24.2. The summed E-state index contributed by atoms with van der Waals surface area (Å²) in [4.78, 5) is 40.4. The summed E-state index contributed by atoms with van der Waals surface area (Å²) in [5.74, 6) is -6.41. The highest BCUT2D eigenvalue weighted by molar-refractivity contribution is 6.34. The molecular weight excluding hydrogens is 877 g/mol. The van der Waals surface area contributed by atoms with Gasteiger partial charge in [-0.3, -0.25) is 9.59 Å². The summed E-state index contributed by atoms with van der Waals surface area (Å²) in [6.07, 6.45) is 5.16. The zero-order valence-electron chi connectivity index (χ0n) is 40.0. The van der Waals surface area contributed by atoms with Crippen molar-refractivity contribution in [3.63, 3.8) is 0 Å². The zero-order valence-corrected chi connectivity index (χ0v) is 41.5. The normalized spacial score (nSPS) is 39.6. The Kier molecular flexibility index (Phi) is 16.6. The summed E-state index contributed by atoms with van der Waals surface area (Å²) >= 11 is 12.4. The summed E-state index contributed by atoms with van der Waals surface area (Å²) in [5.41, 5.74) is -1.19. The number of nitrogens with one attached hydrogen (secondary N) is 1. The average Bonchev–Trinajstić information content (AvgIpc) is 3.60. The maximum absolute atomic E-state index is 14.7. The van der Waals surface area contributed by atoms with Gasteiger partial charge in [0, 0.05) is 40.1 Å². The second-order valence-corrected chi connectivity index (χ2v) is 21.3. The van der Waals surface area contributed by atoms with Crippen LogP contribution in [0.4, 0.5) is 4.79 Å². The Balaban J connectivity index is 1.24. The molecule has 1 aromatic carbocycles. The number of carboxylic acid groups (broad SMARTS) is 1. The fourth-order valence-electron chi connectivity index (χ4n) is 11.7. The molecule has 0 radical (unpaired) electrons. The SMILES string of the molecule is CCC(C(=O)[C@@H](C)[C@@H](O)[C@H](C)[C@@H]1O[C@@H]([C@@H](CC)C(=O)O)CC[C@@H]1C)[C@H]1O[C@]2(C=CC(NC(=O)OCc3cc(Cl)cc(Cl)c3)[C@]3(CC[C@@](C)([C@H]4CC[C@](O)(CC)[C@H](C)O4)O3)O2)[C@H](C)C[C@@H]1C. The van der Waals surface area contributed by atoms with Gasteiger partial charge >= 0.3 is 12.1 Å². The molecule has 0 saturated carbocycles. The van der Waals surface area contributed by atoms with Crippen LogP contribution in [0.15, 0.2) is 30.4 Å². The summed E-state index contributed by atoms with van der Waals surface area (Å²) in [6, 6.07) is 4.13. The minimum atomic E-state index is -1.44. The summed E-state index contributed by atoms with van der Waals surface area (Å²) in [6.45, 7) is 19.4. The Hall–Kier alpha value is -2.33. The lowest BCUT2D eigenvalue weighted by atomic mass is 9.72. The van der Waals surface area contributed by atoms with Gasteiger partial charge in [0.05, 0.1) is 53.7 Å². The van der Waals surface area contributed by atoms with Crippen LogP contribution < -0.4 is 5.32 Å². The molecule has 5 aliphatic rings. The predicted octanol–water partition coefficient (Wildman–Crippen LogP) is 9.43. The second-order valence-electron chi connectivity index (χ2n) is 20.4. The molecule has 2 unspecified atom stereocenters. The van der Waals surface area contributed by atoms with Gasteiger partial charge < -0.3 is 49.1 Å². The lowest BCUT2D eigenvalue weighted by molar-refractivity contribution is -0.398. The van der Waals surface area contributed by atoms with Crippen LogP contribution in [0.5, 0.6) is 0 Å². The Morgan fingerprint density at radius 1 is 0.892 bits per heavy atom. The third kappa shape index (κ3) is 10.8. The predicted molar refractivity (Wildman–Crippen MR) is 246 cm³/mol. The fraction of sp³-hybridized carbons (Fsp3) is 0.780. The molecule has 6 rings (SSSR count). The van der Waals surface area contributed by atoms with Gasteiger partial charge in [-0.2, -0.15) is 0 Å². The van der Waals surface area contributed by atoms with Crippen LogP contribution in [0, 0.1) is 41.4 Å². The van der Waals surface area contributed by atoms with E-state index in [0.29, 0.717) is 73.4 Å². The number of ether oxygens (including phenoxy) is 6. The van der Waals surface area contributed by atoms with Crippen molar-refractivity contribution >= 4 is 41.0 Å². The summed E-state index contributed by atoms with van der Waals surface area (Å²) in [5, 5.41) is 36.9. The number of rotatable bonds is 15. The van der Waals surface area contributed by atoms with Crippen molar-refractivity contribution in [1.29, 1.82) is 0 Å². The van der Waals surface area contributed by atoms with E-state index in [2.05, 4.69) is 26.1 Å². The molecule has 0 bridgehead atoms. The lowest BCUT2D eigenvalue weighted by Crippen LogP contribution is -2.65. The van der Waals surface area contributed by atoms with E-state index in [0.717, 1.165) is 6.42 Å². The Labute approximate surface area is 395 Å². The van der Waals surface area contributed by atoms with Gasteiger partial charge in [0.2, 0.25) is 0 Å². The summed E-state index contributed by atoms with van der Waals surface area (Å²) < 4.78 is 40.2. The molecule has 366 valence electrons. The number of Topliss-reactive ketones (excluding diaryl/α,β-unsaturated/α-hetero) is 1. The van der Waals surface area contributed by atoms with Crippen molar-refractivity contribution < 1.29 is 58.1 Å². The van der Waals surface area contributed by atoms with Crippen LogP contribution in [-0.2, 0) is 44.6 Å². The molecule has 18 atom stereocenters. The lowest BCUT2D eigenvalue weighted by Gasteiger charge is -2.55.